The Bertz CT molecular complexity index is 534. The summed E-state index contributed by atoms with van der Waals surface area (Å²) >= 11 is 0. The van der Waals surface area contributed by atoms with Gasteiger partial charge in [-0.25, -0.2) is 8.42 Å². The minimum atomic E-state index is -3.45. The molecule has 0 aliphatic heterocycles. The number of hydrogen-bond acceptors (Lipinski definition) is 6. The van der Waals surface area contributed by atoms with Crippen molar-refractivity contribution < 1.29 is 22.7 Å². The second-order valence-corrected chi connectivity index (χ2v) is 9.74. The molecule has 0 amide bonds. The van der Waals surface area contributed by atoms with E-state index in [9.17, 15) is 13.2 Å². The first kappa shape index (κ1) is 25.3. The van der Waals surface area contributed by atoms with E-state index in [1.54, 1.807) is 0 Å². The summed E-state index contributed by atoms with van der Waals surface area (Å²) in [5, 5.41) is 0. The average molecular weight is 395 g/mol. The van der Waals surface area contributed by atoms with E-state index >= 15 is 0 Å². The number of rotatable bonds is 12. The van der Waals surface area contributed by atoms with Gasteiger partial charge >= 0.3 is 5.97 Å². The van der Waals surface area contributed by atoms with Gasteiger partial charge in [0.25, 0.3) is 0 Å². The summed E-state index contributed by atoms with van der Waals surface area (Å²) in [6.07, 6.45) is 1.96. The minimum Gasteiger partial charge on any atom is -0.462 e. The van der Waals surface area contributed by atoms with Gasteiger partial charge in [-0.3, -0.25) is 4.79 Å². The van der Waals surface area contributed by atoms with Crippen molar-refractivity contribution in [1.29, 1.82) is 0 Å². The van der Waals surface area contributed by atoms with Gasteiger partial charge in [0.15, 0.2) is 0 Å². The molecule has 7 nitrogen and oxygen atoms in total. The van der Waals surface area contributed by atoms with Crippen molar-refractivity contribution in [3.05, 3.63) is 0 Å². The fourth-order valence-corrected chi connectivity index (χ4v) is 3.76. The van der Waals surface area contributed by atoms with Crippen LogP contribution in [0.1, 0.15) is 61.3 Å². The van der Waals surface area contributed by atoms with E-state index in [1.165, 1.54) is 10.6 Å². The number of nitrogens with two attached hydrogens (primary N) is 1. The van der Waals surface area contributed by atoms with Crippen molar-refractivity contribution in [3.63, 3.8) is 0 Å². The SMILES string of the molecule is CC[C@H](C)O[C@H](COC(=O)[C@@H](N)C(C)C)CN(C(C)(C)CC)S(C)(=O)=O. The van der Waals surface area contributed by atoms with E-state index in [0.717, 1.165) is 6.42 Å². The Kier molecular flexibility index (Phi) is 10.3. The third kappa shape index (κ3) is 8.33. The Labute approximate surface area is 159 Å². The molecule has 0 aliphatic carbocycles. The predicted octanol–water partition coefficient (Wildman–Crippen LogP) is 2.15. The molecule has 0 rings (SSSR count). The second kappa shape index (κ2) is 10.6. The molecule has 0 aliphatic rings. The molecule has 0 saturated heterocycles. The lowest BCUT2D eigenvalue weighted by molar-refractivity contribution is -0.152. The molecule has 8 heteroatoms. The van der Waals surface area contributed by atoms with Gasteiger partial charge < -0.3 is 15.2 Å². The van der Waals surface area contributed by atoms with Crippen molar-refractivity contribution in [1.82, 2.24) is 4.31 Å². The molecule has 0 bridgehead atoms. The van der Waals surface area contributed by atoms with Crippen LogP contribution >= 0.6 is 0 Å². The number of carbonyl (C=O) groups excluding carboxylic acids is 1. The van der Waals surface area contributed by atoms with E-state index in [0.29, 0.717) is 6.42 Å². The van der Waals surface area contributed by atoms with Crippen LogP contribution < -0.4 is 5.73 Å². The van der Waals surface area contributed by atoms with Crippen LogP contribution in [0.25, 0.3) is 0 Å². The van der Waals surface area contributed by atoms with Gasteiger partial charge in [0.1, 0.15) is 18.8 Å². The van der Waals surface area contributed by atoms with Crippen molar-refractivity contribution in [2.24, 2.45) is 11.7 Å². The highest BCUT2D eigenvalue weighted by molar-refractivity contribution is 7.88. The van der Waals surface area contributed by atoms with E-state index in [4.69, 9.17) is 15.2 Å². The number of nitrogens with zero attached hydrogens (tertiary/aromatic N) is 1. The Morgan fingerprint density at radius 2 is 1.73 bits per heavy atom. The zero-order chi connectivity index (χ0) is 20.7. The van der Waals surface area contributed by atoms with Crippen LogP contribution in [-0.2, 0) is 24.3 Å². The molecule has 0 aromatic rings. The van der Waals surface area contributed by atoms with Crippen molar-refractivity contribution >= 4 is 16.0 Å². The lowest BCUT2D eigenvalue weighted by Gasteiger charge is -2.38. The maximum Gasteiger partial charge on any atom is 0.323 e. The quantitative estimate of drug-likeness (QED) is 0.509. The first-order valence-electron chi connectivity index (χ1n) is 9.31. The molecule has 0 heterocycles. The van der Waals surface area contributed by atoms with Gasteiger partial charge in [-0.15, -0.1) is 0 Å². The molecule has 0 unspecified atom stereocenters. The maximum absolute atomic E-state index is 12.3. The van der Waals surface area contributed by atoms with Crippen LogP contribution in [0.4, 0.5) is 0 Å². The van der Waals surface area contributed by atoms with Crippen molar-refractivity contribution in [2.75, 3.05) is 19.4 Å². The fourth-order valence-electron chi connectivity index (χ4n) is 2.30. The molecular weight excluding hydrogens is 356 g/mol. The summed E-state index contributed by atoms with van der Waals surface area (Å²) < 4.78 is 37.3. The molecule has 0 aromatic carbocycles. The summed E-state index contributed by atoms with van der Waals surface area (Å²) in [6.45, 7) is 13.3. The summed E-state index contributed by atoms with van der Waals surface area (Å²) in [7, 11) is -3.45. The zero-order valence-electron chi connectivity index (χ0n) is 17.6. The highest BCUT2D eigenvalue weighted by atomic mass is 32.2. The molecule has 26 heavy (non-hydrogen) atoms. The molecule has 0 fully saturated rings. The predicted molar refractivity (Wildman–Crippen MR) is 104 cm³/mol. The van der Waals surface area contributed by atoms with Crippen molar-refractivity contribution in [3.8, 4) is 0 Å². The highest BCUT2D eigenvalue weighted by Gasteiger charge is 2.35. The van der Waals surface area contributed by atoms with Gasteiger partial charge in [0.05, 0.1) is 12.4 Å². The molecule has 0 spiro atoms. The molecule has 3 atom stereocenters. The molecule has 0 radical (unpaired) electrons. The van der Waals surface area contributed by atoms with E-state index in [1.807, 2.05) is 48.5 Å². The van der Waals surface area contributed by atoms with Gasteiger partial charge in [-0.1, -0.05) is 27.7 Å². The summed E-state index contributed by atoms with van der Waals surface area (Å²) in [4.78, 5) is 12.0. The molecule has 156 valence electrons. The average Bonchev–Trinajstić information content (AvgIpc) is 2.54. The first-order valence-corrected chi connectivity index (χ1v) is 11.2. The van der Waals surface area contributed by atoms with Gasteiger partial charge in [-0.05, 0) is 39.5 Å². The normalized spacial score (nSPS) is 16.6. The van der Waals surface area contributed by atoms with Gasteiger partial charge in [-0.2, -0.15) is 4.31 Å². The Balaban J connectivity index is 5.31. The summed E-state index contributed by atoms with van der Waals surface area (Å²) in [6, 6.07) is -0.711. The maximum atomic E-state index is 12.3. The van der Waals surface area contributed by atoms with Crippen LogP contribution in [0.3, 0.4) is 0 Å². The highest BCUT2D eigenvalue weighted by Crippen LogP contribution is 2.23. The number of ether oxygens (including phenoxy) is 2. The molecule has 0 saturated carbocycles. The Morgan fingerprint density at radius 3 is 2.12 bits per heavy atom. The minimum absolute atomic E-state index is 0.0323. The Morgan fingerprint density at radius 1 is 1.19 bits per heavy atom. The Hall–Kier alpha value is -0.700. The van der Waals surface area contributed by atoms with Crippen LogP contribution in [-0.4, -0.2) is 61.9 Å². The summed E-state index contributed by atoms with van der Waals surface area (Å²) in [5.41, 5.74) is 5.25. The number of carbonyl (C=O) groups is 1. The number of sulfonamides is 1. The lowest BCUT2D eigenvalue weighted by Crippen LogP contribution is -2.52. The zero-order valence-corrected chi connectivity index (χ0v) is 18.4. The number of esters is 1. The van der Waals surface area contributed by atoms with Gasteiger partial charge in [0.2, 0.25) is 10.0 Å². The third-order valence-corrected chi connectivity index (χ3v) is 6.16. The third-order valence-electron chi connectivity index (χ3n) is 4.71. The van der Waals surface area contributed by atoms with Crippen LogP contribution in [0.5, 0.6) is 0 Å². The van der Waals surface area contributed by atoms with E-state index in [2.05, 4.69) is 0 Å². The lowest BCUT2D eigenvalue weighted by atomic mass is 10.0. The molecule has 0 aromatic heterocycles. The molecule has 2 N–H and O–H groups in total. The van der Waals surface area contributed by atoms with Crippen molar-refractivity contribution in [2.45, 2.75) is 85.1 Å². The fraction of sp³-hybridized carbons (Fsp3) is 0.944. The van der Waals surface area contributed by atoms with E-state index < -0.39 is 33.7 Å². The van der Waals surface area contributed by atoms with E-state index in [-0.39, 0.29) is 25.2 Å². The topological polar surface area (TPSA) is 98.9 Å². The monoisotopic (exact) mass is 394 g/mol. The van der Waals surface area contributed by atoms with Crippen LogP contribution in [0.15, 0.2) is 0 Å². The molecular formula is C18H38N2O5S. The smallest absolute Gasteiger partial charge is 0.323 e. The first-order chi connectivity index (χ1) is 11.8. The largest absolute Gasteiger partial charge is 0.462 e. The standard InChI is InChI=1S/C18H38N2O5S/c1-9-14(5)25-15(12-24-17(21)16(19)13(3)4)11-20(26(8,22)23)18(6,7)10-2/h13-16H,9-12,19H2,1-8H3/t14-,15-,16-/m0/s1. The van der Waals surface area contributed by atoms with Gasteiger partial charge in [0, 0.05) is 12.1 Å². The number of hydrogen-bond donors (Lipinski definition) is 1. The summed E-state index contributed by atoms with van der Waals surface area (Å²) in [5.74, 6) is -0.540. The van der Waals surface area contributed by atoms with Crippen LogP contribution in [0, 0.1) is 5.92 Å². The second-order valence-electron chi connectivity index (χ2n) is 7.84. The van der Waals surface area contributed by atoms with Crippen LogP contribution in [0.2, 0.25) is 0 Å².